The first-order valence-electron chi connectivity index (χ1n) is 12.3. The van der Waals surface area contributed by atoms with Gasteiger partial charge in [-0.1, -0.05) is 62.7 Å². The van der Waals surface area contributed by atoms with Gasteiger partial charge in [0, 0.05) is 26.1 Å². The summed E-state index contributed by atoms with van der Waals surface area (Å²) in [7, 11) is -3.76. The molecule has 2 amide bonds. The van der Waals surface area contributed by atoms with Crippen LogP contribution in [0.3, 0.4) is 0 Å². The Kier molecular flexibility index (Phi) is 10.9. The molecule has 0 aliphatic heterocycles. The Morgan fingerprint density at radius 1 is 1.06 bits per heavy atom. The largest absolute Gasteiger partial charge is 0.354 e. The Balaban J connectivity index is 2.21. The van der Waals surface area contributed by atoms with Crippen LogP contribution in [0.1, 0.15) is 51.2 Å². The number of anilines is 1. The van der Waals surface area contributed by atoms with Gasteiger partial charge in [0.15, 0.2) is 0 Å². The Morgan fingerprint density at radius 2 is 1.69 bits per heavy atom. The van der Waals surface area contributed by atoms with E-state index in [0.29, 0.717) is 13.0 Å². The molecule has 2 rings (SSSR count). The molecular weight excluding hydrogens is 481 g/mol. The summed E-state index contributed by atoms with van der Waals surface area (Å²) in [5.74, 6) is -0.851. The summed E-state index contributed by atoms with van der Waals surface area (Å²) in [5.41, 5.74) is 1.93. The first-order valence-corrected chi connectivity index (χ1v) is 14.1. The topological polar surface area (TPSA) is 86.8 Å². The van der Waals surface area contributed by atoms with Gasteiger partial charge in [-0.25, -0.2) is 12.8 Å². The lowest BCUT2D eigenvalue weighted by atomic mass is 10.1. The second-order valence-electron chi connectivity index (χ2n) is 9.46. The molecule has 1 atom stereocenters. The number of carbonyl (C=O) groups is 2. The van der Waals surface area contributed by atoms with E-state index in [1.54, 1.807) is 11.0 Å². The van der Waals surface area contributed by atoms with E-state index in [1.165, 1.54) is 18.2 Å². The van der Waals surface area contributed by atoms with Crippen LogP contribution < -0.4 is 9.62 Å². The van der Waals surface area contributed by atoms with Crippen molar-refractivity contribution in [2.24, 2.45) is 5.92 Å². The summed E-state index contributed by atoms with van der Waals surface area (Å²) < 4.78 is 40.0. The minimum Gasteiger partial charge on any atom is -0.354 e. The second kappa shape index (κ2) is 13.4. The zero-order valence-electron chi connectivity index (χ0n) is 21.8. The Labute approximate surface area is 214 Å². The summed E-state index contributed by atoms with van der Waals surface area (Å²) in [5, 5.41) is 2.92. The number of halogens is 1. The average molecular weight is 520 g/mol. The third-order valence-corrected chi connectivity index (χ3v) is 7.00. The van der Waals surface area contributed by atoms with E-state index in [1.807, 2.05) is 52.0 Å². The molecule has 9 heteroatoms. The molecule has 0 radical (unpaired) electrons. The number of amides is 2. The SMILES string of the molecule is CC[C@@H](C(=O)NCC(C)C)N(Cc1ccc(C)cc1)C(=O)CCCN(c1ccccc1F)S(C)(=O)=O. The van der Waals surface area contributed by atoms with E-state index in [-0.39, 0.29) is 49.4 Å². The van der Waals surface area contributed by atoms with E-state index < -0.39 is 21.9 Å². The minimum absolute atomic E-state index is 0.0142. The van der Waals surface area contributed by atoms with Gasteiger partial charge in [0.2, 0.25) is 21.8 Å². The van der Waals surface area contributed by atoms with Crippen molar-refractivity contribution >= 4 is 27.5 Å². The standard InChI is InChI=1S/C27H38FN3O4S/c1-6-24(27(33)29-18-20(2)3)30(19-22-15-13-21(4)14-16-22)26(32)12-9-17-31(36(5,34)35)25-11-8-7-10-23(25)28/h7-8,10-11,13-16,20,24H,6,9,12,17-19H2,1-5H3,(H,29,33)/t24-/m0/s1. The van der Waals surface area contributed by atoms with Crippen LogP contribution in [-0.4, -0.2) is 50.5 Å². The highest BCUT2D eigenvalue weighted by Gasteiger charge is 2.29. The number of carbonyl (C=O) groups excluding carboxylic acids is 2. The van der Waals surface area contributed by atoms with Crippen molar-refractivity contribution in [3.8, 4) is 0 Å². The molecule has 0 aliphatic rings. The van der Waals surface area contributed by atoms with Crippen LogP contribution in [0, 0.1) is 18.7 Å². The van der Waals surface area contributed by atoms with E-state index in [9.17, 15) is 22.4 Å². The molecule has 0 aliphatic carbocycles. The first kappa shape index (κ1) is 29.3. The van der Waals surface area contributed by atoms with Crippen molar-refractivity contribution in [2.75, 3.05) is 23.7 Å². The number of hydrogen-bond acceptors (Lipinski definition) is 4. The maximum absolute atomic E-state index is 14.3. The van der Waals surface area contributed by atoms with Crippen molar-refractivity contribution in [3.63, 3.8) is 0 Å². The third kappa shape index (κ3) is 8.62. The van der Waals surface area contributed by atoms with Crippen LogP contribution in [0.2, 0.25) is 0 Å². The molecule has 0 heterocycles. The average Bonchev–Trinajstić information content (AvgIpc) is 2.81. The molecule has 0 bridgehead atoms. The highest BCUT2D eigenvalue weighted by molar-refractivity contribution is 7.92. The summed E-state index contributed by atoms with van der Waals surface area (Å²) in [6.07, 6.45) is 1.64. The Bertz CT molecular complexity index is 1120. The lowest BCUT2D eigenvalue weighted by Crippen LogP contribution is -2.49. The summed E-state index contributed by atoms with van der Waals surface area (Å²) >= 11 is 0. The van der Waals surface area contributed by atoms with Crippen molar-refractivity contribution in [3.05, 3.63) is 65.5 Å². The van der Waals surface area contributed by atoms with Gasteiger partial charge in [-0.2, -0.15) is 0 Å². The number of benzene rings is 2. The van der Waals surface area contributed by atoms with Gasteiger partial charge in [-0.3, -0.25) is 13.9 Å². The number of aryl methyl sites for hydroxylation is 1. The fourth-order valence-electron chi connectivity index (χ4n) is 3.87. The number of nitrogens with one attached hydrogen (secondary N) is 1. The number of nitrogens with zero attached hydrogens (tertiary/aromatic N) is 2. The molecule has 0 fully saturated rings. The van der Waals surface area contributed by atoms with Crippen LogP contribution in [0.15, 0.2) is 48.5 Å². The maximum atomic E-state index is 14.3. The number of sulfonamides is 1. The fraction of sp³-hybridized carbons (Fsp3) is 0.481. The van der Waals surface area contributed by atoms with E-state index >= 15 is 0 Å². The van der Waals surface area contributed by atoms with Gasteiger partial charge >= 0.3 is 0 Å². The molecule has 198 valence electrons. The van der Waals surface area contributed by atoms with Crippen molar-refractivity contribution in [1.82, 2.24) is 10.2 Å². The Morgan fingerprint density at radius 3 is 2.25 bits per heavy atom. The predicted molar refractivity (Wildman–Crippen MR) is 141 cm³/mol. The smallest absolute Gasteiger partial charge is 0.242 e. The Hall–Kier alpha value is -2.94. The maximum Gasteiger partial charge on any atom is 0.242 e. The van der Waals surface area contributed by atoms with Crippen molar-refractivity contribution in [2.45, 2.75) is 59.5 Å². The first-order chi connectivity index (χ1) is 16.9. The number of hydrogen-bond donors (Lipinski definition) is 1. The molecule has 7 nitrogen and oxygen atoms in total. The lowest BCUT2D eigenvalue weighted by molar-refractivity contribution is -0.141. The highest BCUT2D eigenvalue weighted by atomic mass is 32.2. The third-order valence-electron chi connectivity index (χ3n) is 5.82. The monoisotopic (exact) mass is 519 g/mol. The molecule has 2 aromatic rings. The predicted octanol–water partition coefficient (Wildman–Crippen LogP) is 4.26. The molecule has 2 aromatic carbocycles. The van der Waals surface area contributed by atoms with Gasteiger partial charge in [-0.05, 0) is 43.4 Å². The summed E-state index contributed by atoms with van der Waals surface area (Å²) in [6.45, 7) is 8.55. The van der Waals surface area contributed by atoms with Gasteiger partial charge in [-0.15, -0.1) is 0 Å². The quantitative estimate of drug-likeness (QED) is 0.428. The van der Waals surface area contributed by atoms with Gasteiger partial charge in [0.05, 0.1) is 11.9 Å². The highest BCUT2D eigenvalue weighted by Crippen LogP contribution is 2.22. The van der Waals surface area contributed by atoms with E-state index in [2.05, 4.69) is 5.32 Å². The van der Waals surface area contributed by atoms with Crippen LogP contribution in [0.4, 0.5) is 10.1 Å². The molecule has 0 saturated carbocycles. The zero-order valence-corrected chi connectivity index (χ0v) is 22.6. The van der Waals surface area contributed by atoms with Crippen molar-refractivity contribution in [1.29, 1.82) is 0 Å². The van der Waals surface area contributed by atoms with Crippen LogP contribution in [-0.2, 0) is 26.2 Å². The van der Waals surface area contributed by atoms with Gasteiger partial charge < -0.3 is 10.2 Å². The van der Waals surface area contributed by atoms with Crippen molar-refractivity contribution < 1.29 is 22.4 Å². The zero-order chi connectivity index (χ0) is 26.9. The molecule has 1 N–H and O–H groups in total. The van der Waals surface area contributed by atoms with Gasteiger partial charge in [0.1, 0.15) is 11.9 Å². The summed E-state index contributed by atoms with van der Waals surface area (Å²) in [4.78, 5) is 27.9. The summed E-state index contributed by atoms with van der Waals surface area (Å²) in [6, 6.07) is 12.8. The minimum atomic E-state index is -3.76. The number of para-hydroxylation sites is 1. The molecule has 0 aromatic heterocycles. The van der Waals surface area contributed by atoms with Crippen LogP contribution >= 0.6 is 0 Å². The van der Waals surface area contributed by atoms with Crippen LogP contribution in [0.5, 0.6) is 0 Å². The second-order valence-corrected chi connectivity index (χ2v) is 11.4. The molecule has 36 heavy (non-hydrogen) atoms. The molecule has 0 spiro atoms. The molecular formula is C27H38FN3O4S. The van der Waals surface area contributed by atoms with E-state index in [0.717, 1.165) is 21.7 Å². The lowest BCUT2D eigenvalue weighted by Gasteiger charge is -2.31. The van der Waals surface area contributed by atoms with Gasteiger partial charge in [0.25, 0.3) is 0 Å². The fourth-order valence-corrected chi connectivity index (χ4v) is 4.83. The van der Waals surface area contributed by atoms with Crippen LogP contribution in [0.25, 0.3) is 0 Å². The molecule has 0 unspecified atom stereocenters. The van der Waals surface area contributed by atoms with E-state index in [4.69, 9.17) is 0 Å². The molecule has 0 saturated heterocycles. The number of rotatable bonds is 13. The normalized spacial score (nSPS) is 12.3.